The normalized spacial score (nSPS) is 15.8. The van der Waals surface area contributed by atoms with Crippen LogP contribution in [-0.4, -0.2) is 42.9 Å². The molecule has 1 heterocycles. The summed E-state index contributed by atoms with van der Waals surface area (Å²) in [4.78, 5) is 25.1. The molecule has 20 heavy (non-hydrogen) atoms. The minimum atomic E-state index is -0.179. The molecule has 0 radical (unpaired) electrons. The van der Waals surface area contributed by atoms with E-state index in [1.165, 1.54) is 0 Å². The predicted octanol–water partition coefficient (Wildman–Crippen LogP) is 0.319. The molecule has 0 unspecified atom stereocenters. The molecule has 0 aliphatic carbocycles. The number of anilines is 1. The van der Waals surface area contributed by atoms with Crippen molar-refractivity contribution in [2.24, 2.45) is 0 Å². The van der Waals surface area contributed by atoms with Gasteiger partial charge in [0, 0.05) is 26.1 Å². The van der Waals surface area contributed by atoms with E-state index >= 15 is 0 Å². The first-order valence-corrected chi connectivity index (χ1v) is 6.47. The lowest BCUT2D eigenvalue weighted by Gasteiger charge is -2.18. The van der Waals surface area contributed by atoms with E-state index < -0.39 is 0 Å². The van der Waals surface area contributed by atoms with Crippen molar-refractivity contribution in [2.45, 2.75) is 6.42 Å². The van der Waals surface area contributed by atoms with Gasteiger partial charge in [0.05, 0.1) is 17.8 Å². The molecular weight excluding hydrogens is 256 g/mol. The maximum atomic E-state index is 12.0. The molecule has 0 saturated carbocycles. The third-order valence-electron chi connectivity index (χ3n) is 3.09. The first-order valence-electron chi connectivity index (χ1n) is 6.47. The van der Waals surface area contributed by atoms with E-state index in [-0.39, 0.29) is 18.4 Å². The summed E-state index contributed by atoms with van der Waals surface area (Å²) >= 11 is 0. The molecule has 6 nitrogen and oxygen atoms in total. The van der Waals surface area contributed by atoms with Crippen molar-refractivity contribution < 1.29 is 9.59 Å². The van der Waals surface area contributed by atoms with Gasteiger partial charge in [0.1, 0.15) is 6.07 Å². The number of amides is 2. The first-order chi connectivity index (χ1) is 9.69. The summed E-state index contributed by atoms with van der Waals surface area (Å²) in [5, 5.41) is 14.5. The molecule has 1 fully saturated rings. The van der Waals surface area contributed by atoms with Gasteiger partial charge < -0.3 is 10.6 Å². The van der Waals surface area contributed by atoms with Gasteiger partial charge in [-0.1, -0.05) is 12.1 Å². The maximum Gasteiger partial charge on any atom is 0.238 e. The van der Waals surface area contributed by atoms with Crippen LogP contribution < -0.4 is 10.6 Å². The molecule has 0 aromatic heterocycles. The number of nitrogens with one attached hydrogen (secondary N) is 2. The Kier molecular flexibility index (Phi) is 4.69. The highest BCUT2D eigenvalue weighted by Crippen LogP contribution is 2.13. The predicted molar refractivity (Wildman–Crippen MR) is 73.9 cm³/mol. The van der Waals surface area contributed by atoms with Crippen LogP contribution in [0.2, 0.25) is 0 Å². The van der Waals surface area contributed by atoms with Gasteiger partial charge in [-0.05, 0) is 12.1 Å². The van der Waals surface area contributed by atoms with Crippen LogP contribution in [0.15, 0.2) is 24.3 Å². The fourth-order valence-electron chi connectivity index (χ4n) is 2.05. The second kappa shape index (κ2) is 6.68. The Labute approximate surface area is 117 Å². The highest BCUT2D eigenvalue weighted by atomic mass is 16.2. The van der Waals surface area contributed by atoms with Crippen LogP contribution in [0.3, 0.4) is 0 Å². The number of para-hydroxylation sites is 1. The third-order valence-corrected chi connectivity index (χ3v) is 3.09. The summed E-state index contributed by atoms with van der Waals surface area (Å²) in [6.07, 6.45) is 0.405. The van der Waals surface area contributed by atoms with Gasteiger partial charge in [-0.25, -0.2) is 0 Å². The number of rotatable bonds is 3. The molecule has 1 aliphatic heterocycles. The Balaban J connectivity index is 1.92. The highest BCUT2D eigenvalue weighted by Gasteiger charge is 2.16. The first kappa shape index (κ1) is 14.0. The number of carbonyl (C=O) groups excluding carboxylic acids is 2. The zero-order chi connectivity index (χ0) is 14.4. The Morgan fingerprint density at radius 1 is 1.40 bits per heavy atom. The van der Waals surface area contributed by atoms with Crippen molar-refractivity contribution in [3.05, 3.63) is 29.8 Å². The van der Waals surface area contributed by atoms with Crippen molar-refractivity contribution in [3.63, 3.8) is 0 Å². The molecule has 104 valence electrons. The zero-order valence-corrected chi connectivity index (χ0v) is 11.1. The lowest BCUT2D eigenvalue weighted by atomic mass is 10.2. The number of nitrogens with zero attached hydrogens (tertiary/aromatic N) is 2. The van der Waals surface area contributed by atoms with Crippen molar-refractivity contribution >= 4 is 17.5 Å². The van der Waals surface area contributed by atoms with Gasteiger partial charge in [0.2, 0.25) is 11.8 Å². The van der Waals surface area contributed by atoms with Crippen LogP contribution in [-0.2, 0) is 9.59 Å². The average Bonchev–Trinajstić information content (AvgIpc) is 2.64. The van der Waals surface area contributed by atoms with Gasteiger partial charge in [-0.2, -0.15) is 5.26 Å². The summed E-state index contributed by atoms with van der Waals surface area (Å²) < 4.78 is 0. The lowest BCUT2D eigenvalue weighted by Crippen LogP contribution is -2.35. The van der Waals surface area contributed by atoms with Crippen LogP contribution >= 0.6 is 0 Å². The minimum absolute atomic E-state index is 0.0164. The average molecular weight is 272 g/mol. The maximum absolute atomic E-state index is 12.0. The molecule has 0 atom stereocenters. The molecular formula is C14H16N4O2. The van der Waals surface area contributed by atoms with E-state index in [2.05, 4.69) is 10.6 Å². The van der Waals surface area contributed by atoms with Crippen LogP contribution in [0, 0.1) is 11.3 Å². The Morgan fingerprint density at radius 2 is 2.20 bits per heavy atom. The molecule has 1 saturated heterocycles. The molecule has 2 amide bonds. The number of nitriles is 1. The second-order valence-electron chi connectivity index (χ2n) is 4.58. The largest absolute Gasteiger partial charge is 0.355 e. The monoisotopic (exact) mass is 272 g/mol. The number of carbonyl (C=O) groups is 2. The van der Waals surface area contributed by atoms with E-state index in [0.717, 1.165) is 0 Å². The Morgan fingerprint density at radius 3 is 3.00 bits per heavy atom. The van der Waals surface area contributed by atoms with Crippen molar-refractivity contribution in [1.82, 2.24) is 10.2 Å². The zero-order valence-electron chi connectivity index (χ0n) is 11.1. The Hall–Kier alpha value is -2.39. The van der Waals surface area contributed by atoms with Crippen LogP contribution in [0.5, 0.6) is 0 Å². The summed E-state index contributed by atoms with van der Waals surface area (Å²) in [6, 6.07) is 8.91. The smallest absolute Gasteiger partial charge is 0.238 e. The van der Waals surface area contributed by atoms with Gasteiger partial charge in [0.15, 0.2) is 0 Å². The number of hydrogen-bond donors (Lipinski definition) is 2. The summed E-state index contributed by atoms with van der Waals surface area (Å²) in [6.45, 7) is 1.99. The number of hydrogen-bond acceptors (Lipinski definition) is 4. The molecule has 6 heteroatoms. The SMILES string of the molecule is N#Cc1ccccc1NC(=O)CN1CCNC(=O)CC1. The van der Waals surface area contributed by atoms with E-state index in [0.29, 0.717) is 37.3 Å². The van der Waals surface area contributed by atoms with Crippen molar-refractivity contribution in [3.8, 4) is 6.07 Å². The minimum Gasteiger partial charge on any atom is -0.355 e. The van der Waals surface area contributed by atoms with Crippen molar-refractivity contribution in [1.29, 1.82) is 5.26 Å². The van der Waals surface area contributed by atoms with Gasteiger partial charge in [-0.3, -0.25) is 14.5 Å². The van der Waals surface area contributed by atoms with Gasteiger partial charge >= 0.3 is 0 Å². The summed E-state index contributed by atoms with van der Waals surface area (Å²) in [5.41, 5.74) is 0.956. The van der Waals surface area contributed by atoms with Crippen LogP contribution in [0.4, 0.5) is 5.69 Å². The third kappa shape index (κ3) is 3.80. The molecule has 1 aromatic rings. The van der Waals surface area contributed by atoms with Gasteiger partial charge in [0.25, 0.3) is 0 Å². The molecule has 0 bridgehead atoms. The second-order valence-corrected chi connectivity index (χ2v) is 4.58. The van der Waals surface area contributed by atoms with E-state index in [4.69, 9.17) is 5.26 Å². The molecule has 1 aromatic carbocycles. The summed E-state index contributed by atoms with van der Waals surface area (Å²) in [5.74, 6) is -0.162. The van der Waals surface area contributed by atoms with Crippen molar-refractivity contribution in [2.75, 3.05) is 31.5 Å². The molecule has 2 rings (SSSR count). The standard InChI is InChI=1S/C14H16N4O2/c15-9-11-3-1-2-4-12(11)17-14(20)10-18-7-5-13(19)16-6-8-18/h1-4H,5-8,10H2,(H,16,19)(H,17,20). The Bertz CT molecular complexity index is 550. The topological polar surface area (TPSA) is 85.2 Å². The van der Waals surface area contributed by atoms with Crippen LogP contribution in [0.25, 0.3) is 0 Å². The quantitative estimate of drug-likeness (QED) is 0.829. The molecule has 1 aliphatic rings. The highest BCUT2D eigenvalue weighted by molar-refractivity contribution is 5.93. The molecule has 0 spiro atoms. The van der Waals surface area contributed by atoms with E-state index in [1.807, 2.05) is 11.0 Å². The van der Waals surface area contributed by atoms with Gasteiger partial charge in [-0.15, -0.1) is 0 Å². The lowest BCUT2D eigenvalue weighted by molar-refractivity contribution is -0.121. The van der Waals surface area contributed by atoms with E-state index in [9.17, 15) is 9.59 Å². The fourth-order valence-corrected chi connectivity index (χ4v) is 2.05. The van der Waals surface area contributed by atoms with E-state index in [1.54, 1.807) is 24.3 Å². The fraction of sp³-hybridized carbons (Fsp3) is 0.357. The molecule has 2 N–H and O–H groups in total. The van der Waals surface area contributed by atoms with Crippen LogP contribution in [0.1, 0.15) is 12.0 Å². The number of benzene rings is 1. The summed E-state index contributed by atoms with van der Waals surface area (Å²) in [7, 11) is 0.